The Morgan fingerprint density at radius 1 is 1.57 bits per heavy atom. The normalized spacial score (nSPS) is 19.6. The largest absolute Gasteiger partial charge is 0.379 e. The average molecular weight is 194 g/mol. The highest BCUT2D eigenvalue weighted by Gasteiger charge is 2.40. The van der Waals surface area contributed by atoms with E-state index in [0.29, 0.717) is 6.04 Å². The van der Waals surface area contributed by atoms with Crippen LogP contribution in [-0.2, 0) is 10.2 Å². The fraction of sp³-hybridized carbons (Fsp3) is 0.636. The number of H-pyrrole nitrogens is 1. The summed E-state index contributed by atoms with van der Waals surface area (Å²) in [7, 11) is 0. The third-order valence-electron chi connectivity index (χ3n) is 2.82. The maximum atomic E-state index is 5.34. The highest BCUT2D eigenvalue weighted by Crippen LogP contribution is 2.31. The zero-order chi connectivity index (χ0) is 10.0. The Bertz CT molecular complexity index is 275. The summed E-state index contributed by atoms with van der Waals surface area (Å²) in [6.45, 7) is 7.02. The van der Waals surface area contributed by atoms with Crippen LogP contribution in [0.4, 0.5) is 0 Å². The van der Waals surface area contributed by atoms with Crippen molar-refractivity contribution in [2.75, 3.05) is 19.8 Å². The van der Waals surface area contributed by atoms with Crippen LogP contribution in [0.5, 0.6) is 0 Å². The summed E-state index contributed by atoms with van der Waals surface area (Å²) in [5, 5.41) is 3.48. The van der Waals surface area contributed by atoms with Crippen LogP contribution in [0.25, 0.3) is 0 Å². The molecular formula is C11H18N2O. The van der Waals surface area contributed by atoms with E-state index in [1.54, 1.807) is 0 Å². The Balaban J connectivity index is 2.03. The number of rotatable bonds is 4. The van der Waals surface area contributed by atoms with E-state index >= 15 is 0 Å². The minimum absolute atomic E-state index is 0.213. The highest BCUT2D eigenvalue weighted by molar-refractivity contribution is 5.25. The molecule has 1 aliphatic heterocycles. The monoisotopic (exact) mass is 194 g/mol. The quantitative estimate of drug-likeness (QED) is 0.757. The van der Waals surface area contributed by atoms with Crippen molar-refractivity contribution in [3.05, 3.63) is 24.0 Å². The second-order valence-electron chi connectivity index (χ2n) is 4.41. The summed E-state index contributed by atoms with van der Waals surface area (Å²) >= 11 is 0. The first-order valence-corrected chi connectivity index (χ1v) is 5.17. The van der Waals surface area contributed by atoms with Crippen LogP contribution in [0.2, 0.25) is 0 Å². The van der Waals surface area contributed by atoms with Gasteiger partial charge in [-0.2, -0.15) is 0 Å². The fourth-order valence-electron chi connectivity index (χ4n) is 1.77. The minimum atomic E-state index is 0.213. The average Bonchev–Trinajstić information content (AvgIpc) is 2.55. The molecule has 3 heteroatoms. The topological polar surface area (TPSA) is 37.0 Å². The lowest BCUT2D eigenvalue weighted by atomic mass is 9.80. The molecule has 14 heavy (non-hydrogen) atoms. The van der Waals surface area contributed by atoms with Gasteiger partial charge in [0.1, 0.15) is 0 Å². The molecule has 2 rings (SSSR count). The van der Waals surface area contributed by atoms with E-state index in [9.17, 15) is 0 Å². The van der Waals surface area contributed by atoms with Gasteiger partial charge in [0.2, 0.25) is 0 Å². The summed E-state index contributed by atoms with van der Waals surface area (Å²) in [5.74, 6) is 0. The lowest BCUT2D eigenvalue weighted by molar-refractivity contribution is -0.0596. The third-order valence-corrected chi connectivity index (χ3v) is 2.82. The summed E-state index contributed by atoms with van der Waals surface area (Å²) < 4.78 is 5.34. The molecule has 0 bridgehead atoms. The van der Waals surface area contributed by atoms with Gasteiger partial charge >= 0.3 is 0 Å². The van der Waals surface area contributed by atoms with Crippen LogP contribution >= 0.6 is 0 Å². The van der Waals surface area contributed by atoms with E-state index in [1.165, 1.54) is 5.56 Å². The molecule has 1 aromatic rings. The number of hydrogen-bond donors (Lipinski definition) is 2. The van der Waals surface area contributed by atoms with Crippen molar-refractivity contribution in [2.45, 2.75) is 25.3 Å². The minimum Gasteiger partial charge on any atom is -0.379 e. The summed E-state index contributed by atoms with van der Waals surface area (Å²) in [6, 6.07) is 2.68. The molecule has 2 N–H and O–H groups in total. The van der Waals surface area contributed by atoms with E-state index in [2.05, 4.69) is 36.4 Å². The van der Waals surface area contributed by atoms with Crippen molar-refractivity contribution in [3.63, 3.8) is 0 Å². The molecule has 0 atom stereocenters. The molecule has 78 valence electrons. The van der Waals surface area contributed by atoms with Crippen LogP contribution in [0.3, 0.4) is 0 Å². The smallest absolute Gasteiger partial charge is 0.0598 e. The fourth-order valence-corrected chi connectivity index (χ4v) is 1.77. The number of nitrogens with one attached hydrogen (secondary N) is 2. The molecule has 0 aliphatic carbocycles. The molecule has 1 fully saturated rings. The first-order valence-electron chi connectivity index (χ1n) is 5.17. The second kappa shape index (κ2) is 3.75. The van der Waals surface area contributed by atoms with Crippen molar-refractivity contribution in [1.82, 2.24) is 10.3 Å². The summed E-state index contributed by atoms with van der Waals surface area (Å²) in [5.41, 5.74) is 1.57. The van der Waals surface area contributed by atoms with Gasteiger partial charge in [-0.25, -0.2) is 0 Å². The first kappa shape index (κ1) is 9.74. The molecule has 0 aromatic carbocycles. The molecule has 3 nitrogen and oxygen atoms in total. The van der Waals surface area contributed by atoms with Gasteiger partial charge in [0.05, 0.1) is 18.6 Å². The van der Waals surface area contributed by atoms with Gasteiger partial charge in [-0.15, -0.1) is 0 Å². The van der Waals surface area contributed by atoms with Gasteiger partial charge in [0.15, 0.2) is 0 Å². The second-order valence-corrected chi connectivity index (χ2v) is 4.41. The molecule has 0 amide bonds. The standard InChI is InChI=1S/C11H18N2O/c1-9(2)13-6-11(7-14-8-11)10-3-4-12-5-10/h3-5,9,12-13H,6-8H2,1-2H3. The lowest BCUT2D eigenvalue weighted by Gasteiger charge is -2.41. The zero-order valence-corrected chi connectivity index (χ0v) is 8.84. The van der Waals surface area contributed by atoms with Crippen molar-refractivity contribution < 1.29 is 4.74 Å². The van der Waals surface area contributed by atoms with Gasteiger partial charge in [-0.3, -0.25) is 0 Å². The molecule has 1 saturated heterocycles. The van der Waals surface area contributed by atoms with Gasteiger partial charge in [-0.05, 0) is 11.6 Å². The Morgan fingerprint density at radius 3 is 2.79 bits per heavy atom. The Kier molecular flexibility index (Phi) is 2.61. The van der Waals surface area contributed by atoms with Crippen LogP contribution in [0.1, 0.15) is 19.4 Å². The molecule has 0 unspecified atom stereocenters. The number of ether oxygens (including phenoxy) is 1. The maximum absolute atomic E-state index is 5.34. The Morgan fingerprint density at radius 2 is 2.36 bits per heavy atom. The molecule has 0 saturated carbocycles. The highest BCUT2D eigenvalue weighted by atomic mass is 16.5. The Labute approximate surface area is 84.9 Å². The predicted molar refractivity (Wildman–Crippen MR) is 56.4 cm³/mol. The molecular weight excluding hydrogens is 176 g/mol. The van der Waals surface area contributed by atoms with Crippen molar-refractivity contribution in [1.29, 1.82) is 0 Å². The van der Waals surface area contributed by atoms with Crippen LogP contribution in [0, 0.1) is 0 Å². The lowest BCUT2D eigenvalue weighted by Crippen LogP contribution is -2.54. The van der Waals surface area contributed by atoms with E-state index < -0.39 is 0 Å². The maximum Gasteiger partial charge on any atom is 0.0598 e. The number of hydrogen-bond acceptors (Lipinski definition) is 2. The predicted octanol–water partition coefficient (Wildman–Crippen LogP) is 1.28. The van der Waals surface area contributed by atoms with Crippen LogP contribution in [-0.4, -0.2) is 30.8 Å². The number of aromatic nitrogens is 1. The summed E-state index contributed by atoms with van der Waals surface area (Å²) in [4.78, 5) is 3.11. The van der Waals surface area contributed by atoms with Crippen LogP contribution < -0.4 is 5.32 Å². The van der Waals surface area contributed by atoms with Gasteiger partial charge < -0.3 is 15.0 Å². The molecule has 0 spiro atoms. The number of aromatic amines is 1. The SMILES string of the molecule is CC(C)NCC1(c2cc[nH]c2)COC1. The van der Waals surface area contributed by atoms with Gasteiger partial charge in [0, 0.05) is 25.0 Å². The van der Waals surface area contributed by atoms with E-state index in [0.717, 1.165) is 19.8 Å². The van der Waals surface area contributed by atoms with Gasteiger partial charge in [-0.1, -0.05) is 13.8 Å². The van der Waals surface area contributed by atoms with E-state index in [4.69, 9.17) is 4.74 Å². The van der Waals surface area contributed by atoms with Crippen molar-refractivity contribution in [3.8, 4) is 0 Å². The van der Waals surface area contributed by atoms with E-state index in [1.807, 2.05) is 6.20 Å². The van der Waals surface area contributed by atoms with Crippen molar-refractivity contribution in [2.24, 2.45) is 0 Å². The third kappa shape index (κ3) is 1.70. The van der Waals surface area contributed by atoms with Crippen LogP contribution in [0.15, 0.2) is 18.5 Å². The van der Waals surface area contributed by atoms with Gasteiger partial charge in [0.25, 0.3) is 0 Å². The molecule has 1 aromatic heterocycles. The Hall–Kier alpha value is -0.800. The van der Waals surface area contributed by atoms with Crippen molar-refractivity contribution >= 4 is 0 Å². The molecule has 2 heterocycles. The zero-order valence-electron chi connectivity index (χ0n) is 8.84. The molecule has 1 aliphatic rings. The molecule has 0 radical (unpaired) electrons. The van der Waals surface area contributed by atoms with E-state index in [-0.39, 0.29) is 5.41 Å². The summed E-state index contributed by atoms with van der Waals surface area (Å²) in [6.07, 6.45) is 4.05. The first-order chi connectivity index (χ1) is 6.73.